The normalized spacial score (nSPS) is 12.8. The van der Waals surface area contributed by atoms with E-state index in [9.17, 15) is 19.8 Å². The molecule has 0 fully saturated rings. The minimum atomic E-state index is -0.852. The van der Waals surface area contributed by atoms with Gasteiger partial charge in [0.25, 0.3) is 0 Å². The van der Waals surface area contributed by atoms with E-state index < -0.39 is 12.1 Å². The summed E-state index contributed by atoms with van der Waals surface area (Å²) in [5.41, 5.74) is 0. The molecule has 0 aromatic rings. The Morgan fingerprint density at radius 2 is 0.746 bits per heavy atom. The van der Waals surface area contributed by atoms with Gasteiger partial charge in [-0.3, -0.25) is 9.59 Å². The number of aliphatic hydroxyl groups excluding tert-OH is 2. The van der Waals surface area contributed by atoms with Crippen molar-refractivity contribution in [3.05, 3.63) is 36.5 Å². The number of hydrogen-bond acceptors (Lipinski definition) is 5. The molecule has 0 aromatic carbocycles. The van der Waals surface area contributed by atoms with Crippen LogP contribution in [0.4, 0.5) is 0 Å². The third-order valence-electron chi connectivity index (χ3n) is 13.7. The van der Waals surface area contributed by atoms with Crippen molar-refractivity contribution in [2.24, 2.45) is 0 Å². The van der Waals surface area contributed by atoms with Gasteiger partial charge >= 0.3 is 5.97 Å². The predicted molar refractivity (Wildman–Crippen MR) is 292 cm³/mol. The van der Waals surface area contributed by atoms with Crippen molar-refractivity contribution in [3.8, 4) is 0 Å². The van der Waals surface area contributed by atoms with E-state index in [1.165, 1.54) is 225 Å². The van der Waals surface area contributed by atoms with E-state index in [-0.39, 0.29) is 18.5 Å². The minimum Gasteiger partial charge on any atom is -0.466 e. The van der Waals surface area contributed by atoms with Gasteiger partial charge in [0.05, 0.1) is 25.4 Å². The van der Waals surface area contributed by atoms with E-state index in [2.05, 4.69) is 43.5 Å². The van der Waals surface area contributed by atoms with Gasteiger partial charge in [-0.2, -0.15) is 0 Å². The molecule has 1 amide bonds. The van der Waals surface area contributed by atoms with Gasteiger partial charge in [-0.05, 0) is 64.2 Å². The number of esters is 1. The average molecular weight is 943 g/mol. The fourth-order valence-corrected chi connectivity index (χ4v) is 9.08. The first-order chi connectivity index (χ1) is 33.0. The fourth-order valence-electron chi connectivity index (χ4n) is 9.08. The number of amides is 1. The first-order valence-electron chi connectivity index (χ1n) is 29.8. The molecule has 6 nitrogen and oxygen atoms in total. The van der Waals surface area contributed by atoms with E-state index in [1.807, 2.05) is 6.08 Å². The summed E-state index contributed by atoms with van der Waals surface area (Å²) in [6.45, 7) is 4.87. The highest BCUT2D eigenvalue weighted by Gasteiger charge is 2.18. The number of ether oxygens (including phenoxy) is 1. The van der Waals surface area contributed by atoms with Crippen LogP contribution in [-0.4, -0.2) is 47.4 Å². The molecule has 2 unspecified atom stereocenters. The molecule has 0 saturated heterocycles. The smallest absolute Gasteiger partial charge is 0.305 e. The van der Waals surface area contributed by atoms with Gasteiger partial charge in [0.15, 0.2) is 0 Å². The average Bonchev–Trinajstić information content (AvgIpc) is 3.33. The summed E-state index contributed by atoms with van der Waals surface area (Å²) < 4.78 is 5.47. The molecule has 67 heavy (non-hydrogen) atoms. The summed E-state index contributed by atoms with van der Waals surface area (Å²) in [5, 5.41) is 23.2. The van der Waals surface area contributed by atoms with Crippen molar-refractivity contribution < 1.29 is 24.5 Å². The van der Waals surface area contributed by atoms with Gasteiger partial charge in [0.1, 0.15) is 0 Å². The summed E-state index contributed by atoms with van der Waals surface area (Å²) in [6, 6.07) is -0.636. The number of unbranched alkanes of at least 4 members (excludes halogenated alkanes) is 40. The van der Waals surface area contributed by atoms with Crippen LogP contribution in [0.15, 0.2) is 36.5 Å². The lowest BCUT2D eigenvalue weighted by atomic mass is 10.0. The third-order valence-corrected chi connectivity index (χ3v) is 13.7. The van der Waals surface area contributed by atoms with Crippen LogP contribution in [0.25, 0.3) is 0 Å². The molecule has 394 valence electrons. The lowest BCUT2D eigenvalue weighted by Gasteiger charge is -2.20. The summed E-state index contributed by atoms with van der Waals surface area (Å²) in [7, 11) is 0. The molecule has 3 N–H and O–H groups in total. The Morgan fingerprint density at radius 3 is 1.16 bits per heavy atom. The number of nitrogens with one attached hydrogen (secondary N) is 1. The molecule has 2 atom stereocenters. The Hall–Kier alpha value is -1.92. The van der Waals surface area contributed by atoms with E-state index in [0.29, 0.717) is 19.4 Å². The highest BCUT2D eigenvalue weighted by Crippen LogP contribution is 2.17. The Balaban J connectivity index is 3.48. The van der Waals surface area contributed by atoms with Gasteiger partial charge in [-0.15, -0.1) is 0 Å². The molecule has 0 rings (SSSR count). The molecule has 0 aliphatic heterocycles. The number of aliphatic hydroxyl groups is 2. The van der Waals surface area contributed by atoms with E-state index in [0.717, 1.165) is 64.2 Å². The monoisotopic (exact) mass is 942 g/mol. The van der Waals surface area contributed by atoms with Crippen LogP contribution in [0, 0.1) is 0 Å². The molecule has 0 heterocycles. The minimum absolute atomic E-state index is 0.0143. The molecule has 0 aromatic heterocycles. The Kier molecular flexibility index (Phi) is 55.0. The summed E-state index contributed by atoms with van der Waals surface area (Å²) in [5.74, 6) is -0.0893. The molecule has 0 aliphatic rings. The molecule has 0 bridgehead atoms. The zero-order chi connectivity index (χ0) is 48.6. The van der Waals surface area contributed by atoms with Crippen LogP contribution in [0.5, 0.6) is 0 Å². The van der Waals surface area contributed by atoms with Gasteiger partial charge in [-0.1, -0.05) is 275 Å². The van der Waals surface area contributed by atoms with Crippen LogP contribution in [0.3, 0.4) is 0 Å². The second-order valence-electron chi connectivity index (χ2n) is 20.3. The Morgan fingerprint density at radius 1 is 0.418 bits per heavy atom. The van der Waals surface area contributed by atoms with Crippen LogP contribution >= 0.6 is 0 Å². The molecule has 0 saturated carbocycles. The predicted octanol–water partition coefficient (Wildman–Crippen LogP) is 18.4. The number of hydrogen-bond donors (Lipinski definition) is 3. The number of carbonyl (C=O) groups excluding carboxylic acids is 2. The molecule has 6 heteroatoms. The third kappa shape index (κ3) is 53.3. The largest absolute Gasteiger partial charge is 0.466 e. The van der Waals surface area contributed by atoms with E-state index >= 15 is 0 Å². The highest BCUT2D eigenvalue weighted by atomic mass is 16.5. The van der Waals surface area contributed by atoms with Crippen molar-refractivity contribution in [1.29, 1.82) is 0 Å². The van der Waals surface area contributed by atoms with Crippen LogP contribution < -0.4 is 5.32 Å². The first-order valence-corrected chi connectivity index (χ1v) is 29.8. The standard InChI is InChI=1S/C61H115NO5/c1-3-5-7-9-11-13-15-17-19-20-21-22-23-26-29-33-37-41-45-49-53-59(64)58(57-63)62-60(65)54-50-46-42-38-34-30-27-24-28-32-36-40-44-48-52-56-67-61(66)55-51-47-43-39-35-31-25-18-16-14-12-10-8-6-4-2/h12,14,18,25,49,53,58-59,63-64H,3-11,13,15-17,19-24,26-48,50-52,54-57H2,1-2H3,(H,62,65)/b14-12-,25-18-,53-49+. The van der Waals surface area contributed by atoms with Crippen molar-refractivity contribution in [1.82, 2.24) is 5.32 Å². The maximum atomic E-state index is 12.5. The number of allylic oxidation sites excluding steroid dienone is 5. The topological polar surface area (TPSA) is 95.9 Å². The molecular weight excluding hydrogens is 827 g/mol. The van der Waals surface area contributed by atoms with Gasteiger partial charge in [-0.25, -0.2) is 0 Å². The maximum absolute atomic E-state index is 12.5. The SMILES string of the molecule is CCCCC/C=C\C/C=C\CCCCCCCC(=O)OCCCCCCCCCCCCCCCCCC(=O)NC(CO)C(O)/C=C/CCCCCCCCCCCCCCCCCCCC. The van der Waals surface area contributed by atoms with Gasteiger partial charge < -0.3 is 20.3 Å². The summed E-state index contributed by atoms with van der Waals surface area (Å²) >= 11 is 0. The second kappa shape index (κ2) is 56.7. The van der Waals surface area contributed by atoms with Gasteiger partial charge in [0.2, 0.25) is 5.91 Å². The molecule has 0 aliphatic carbocycles. The Bertz CT molecular complexity index is 1090. The van der Waals surface area contributed by atoms with Crippen molar-refractivity contribution in [2.45, 2.75) is 328 Å². The lowest BCUT2D eigenvalue weighted by Crippen LogP contribution is -2.45. The van der Waals surface area contributed by atoms with Crippen molar-refractivity contribution >= 4 is 11.9 Å². The molecule has 0 radical (unpaired) electrons. The van der Waals surface area contributed by atoms with E-state index in [4.69, 9.17) is 4.74 Å². The van der Waals surface area contributed by atoms with Crippen LogP contribution in [0.1, 0.15) is 316 Å². The van der Waals surface area contributed by atoms with E-state index in [1.54, 1.807) is 6.08 Å². The zero-order valence-corrected chi connectivity index (χ0v) is 44.9. The number of rotatable bonds is 55. The van der Waals surface area contributed by atoms with Crippen molar-refractivity contribution in [3.63, 3.8) is 0 Å². The first kappa shape index (κ1) is 65.1. The van der Waals surface area contributed by atoms with Crippen LogP contribution in [-0.2, 0) is 14.3 Å². The highest BCUT2D eigenvalue weighted by molar-refractivity contribution is 5.76. The van der Waals surface area contributed by atoms with Gasteiger partial charge in [0, 0.05) is 12.8 Å². The number of carbonyl (C=O) groups is 2. The van der Waals surface area contributed by atoms with Crippen molar-refractivity contribution in [2.75, 3.05) is 13.2 Å². The fraction of sp³-hybridized carbons (Fsp3) is 0.869. The summed E-state index contributed by atoms with van der Waals surface area (Å²) in [6.07, 6.45) is 70.2. The quantitative estimate of drug-likeness (QED) is 0.0321. The molecule has 0 spiro atoms. The Labute approximate surface area is 417 Å². The zero-order valence-electron chi connectivity index (χ0n) is 44.9. The maximum Gasteiger partial charge on any atom is 0.305 e. The second-order valence-corrected chi connectivity index (χ2v) is 20.3. The van der Waals surface area contributed by atoms with Crippen LogP contribution in [0.2, 0.25) is 0 Å². The lowest BCUT2D eigenvalue weighted by molar-refractivity contribution is -0.143. The molecular formula is C61H115NO5. The summed E-state index contributed by atoms with van der Waals surface area (Å²) in [4.78, 5) is 24.5.